The van der Waals surface area contributed by atoms with E-state index in [1.165, 1.54) is 18.4 Å². The molecule has 0 radical (unpaired) electrons. The average Bonchev–Trinajstić information content (AvgIpc) is 3.18. The molecule has 3 rings (SSSR count). The second-order valence-corrected chi connectivity index (χ2v) is 6.26. The van der Waals surface area contributed by atoms with Gasteiger partial charge >= 0.3 is 0 Å². The molecule has 0 unspecified atom stereocenters. The van der Waals surface area contributed by atoms with Crippen LogP contribution in [0.3, 0.4) is 0 Å². The molecule has 0 saturated carbocycles. The summed E-state index contributed by atoms with van der Waals surface area (Å²) in [5.41, 5.74) is 2.42. The van der Waals surface area contributed by atoms with E-state index in [2.05, 4.69) is 27.7 Å². The van der Waals surface area contributed by atoms with Gasteiger partial charge in [-0.3, -0.25) is 9.69 Å². The van der Waals surface area contributed by atoms with Gasteiger partial charge in [0.1, 0.15) is 6.17 Å². The zero-order valence-corrected chi connectivity index (χ0v) is 12.9. The normalized spacial score (nSPS) is 25.5. The molecule has 2 saturated heterocycles. The van der Waals surface area contributed by atoms with E-state index in [-0.39, 0.29) is 24.9 Å². The van der Waals surface area contributed by atoms with Crippen LogP contribution in [0.5, 0.6) is 0 Å². The first-order valence-electron chi connectivity index (χ1n) is 8.16. The van der Waals surface area contributed by atoms with Crippen LogP contribution in [-0.4, -0.2) is 42.7 Å². The Balaban J connectivity index is 1.56. The van der Waals surface area contributed by atoms with Crippen LogP contribution in [0.2, 0.25) is 0 Å². The summed E-state index contributed by atoms with van der Waals surface area (Å²) in [6.45, 7) is 4.05. The summed E-state index contributed by atoms with van der Waals surface area (Å²) >= 11 is 0. The zero-order valence-electron chi connectivity index (χ0n) is 12.9. The van der Waals surface area contributed by atoms with Gasteiger partial charge in [0.05, 0.1) is 6.04 Å². The summed E-state index contributed by atoms with van der Waals surface area (Å²) in [5.74, 6) is -0.101. The fraction of sp³-hybridized carbons (Fsp3) is 0.588. The molecule has 2 aliphatic heterocycles. The van der Waals surface area contributed by atoms with Crippen LogP contribution in [-0.2, 0) is 17.9 Å². The predicted molar refractivity (Wildman–Crippen MR) is 84.1 cm³/mol. The van der Waals surface area contributed by atoms with Gasteiger partial charge in [-0.15, -0.1) is 0 Å². The third-order valence-corrected chi connectivity index (χ3v) is 4.56. The summed E-state index contributed by atoms with van der Waals surface area (Å²) < 4.78 is 13.1. The molecule has 0 spiro atoms. The first-order chi connectivity index (χ1) is 10.7. The SMILES string of the molecule is O=C(NCc1ccccc1CN1CCCC1)[C@H]1C[C@H](F)CN1. The molecule has 0 aromatic heterocycles. The van der Waals surface area contributed by atoms with E-state index >= 15 is 0 Å². The Morgan fingerprint density at radius 3 is 2.68 bits per heavy atom. The second kappa shape index (κ2) is 7.20. The molecular formula is C17H24FN3O. The van der Waals surface area contributed by atoms with Crippen molar-refractivity contribution in [3.8, 4) is 0 Å². The number of hydrogen-bond donors (Lipinski definition) is 2. The number of alkyl halides is 1. The summed E-state index contributed by atoms with van der Waals surface area (Å²) in [5, 5.41) is 5.86. The molecule has 5 heteroatoms. The van der Waals surface area contributed by atoms with Gasteiger partial charge in [-0.2, -0.15) is 0 Å². The van der Waals surface area contributed by atoms with Crippen molar-refractivity contribution in [2.75, 3.05) is 19.6 Å². The molecule has 22 heavy (non-hydrogen) atoms. The standard InChI is InChI=1S/C17H24FN3O/c18-15-9-16(19-11-15)17(22)20-10-13-5-1-2-6-14(13)12-21-7-3-4-8-21/h1-2,5-6,15-16,19H,3-4,7-12H2,(H,20,22)/t15-,16+/m0/s1. The maximum absolute atomic E-state index is 13.1. The lowest BCUT2D eigenvalue weighted by Crippen LogP contribution is -2.40. The second-order valence-electron chi connectivity index (χ2n) is 6.26. The molecule has 120 valence electrons. The highest BCUT2D eigenvalue weighted by molar-refractivity contribution is 5.82. The minimum atomic E-state index is -0.904. The maximum atomic E-state index is 13.1. The Kier molecular flexibility index (Phi) is 5.05. The van der Waals surface area contributed by atoms with Gasteiger partial charge in [0, 0.05) is 26.1 Å². The van der Waals surface area contributed by atoms with Crippen LogP contribution in [0.15, 0.2) is 24.3 Å². The van der Waals surface area contributed by atoms with E-state index in [0.29, 0.717) is 6.54 Å². The lowest BCUT2D eigenvalue weighted by molar-refractivity contribution is -0.123. The largest absolute Gasteiger partial charge is 0.351 e. The number of nitrogens with zero attached hydrogens (tertiary/aromatic N) is 1. The van der Waals surface area contributed by atoms with E-state index in [1.54, 1.807) is 0 Å². The number of rotatable bonds is 5. The number of amides is 1. The monoisotopic (exact) mass is 305 g/mol. The van der Waals surface area contributed by atoms with Gasteiger partial charge in [-0.1, -0.05) is 24.3 Å². The van der Waals surface area contributed by atoms with Crippen molar-refractivity contribution in [1.29, 1.82) is 0 Å². The average molecular weight is 305 g/mol. The Bertz CT molecular complexity index is 516. The lowest BCUT2D eigenvalue weighted by atomic mass is 10.1. The molecular weight excluding hydrogens is 281 g/mol. The molecule has 2 heterocycles. The van der Waals surface area contributed by atoms with Crippen molar-refractivity contribution in [3.63, 3.8) is 0 Å². The van der Waals surface area contributed by atoms with Gasteiger partial charge in [0.15, 0.2) is 0 Å². The molecule has 1 aromatic rings. The van der Waals surface area contributed by atoms with E-state index < -0.39 is 6.17 Å². The molecule has 2 N–H and O–H groups in total. The van der Waals surface area contributed by atoms with Crippen LogP contribution in [0.1, 0.15) is 30.4 Å². The number of carbonyl (C=O) groups excluding carboxylic acids is 1. The van der Waals surface area contributed by atoms with Crippen molar-refractivity contribution < 1.29 is 9.18 Å². The molecule has 0 bridgehead atoms. The predicted octanol–water partition coefficient (Wildman–Crippen LogP) is 1.60. The number of nitrogens with one attached hydrogen (secondary N) is 2. The molecule has 2 atom stereocenters. The lowest BCUT2D eigenvalue weighted by Gasteiger charge is -2.18. The maximum Gasteiger partial charge on any atom is 0.237 e. The van der Waals surface area contributed by atoms with Crippen molar-refractivity contribution >= 4 is 5.91 Å². The van der Waals surface area contributed by atoms with Gasteiger partial charge in [-0.25, -0.2) is 4.39 Å². The summed E-state index contributed by atoms with van der Waals surface area (Å²) in [6, 6.07) is 7.85. The molecule has 2 aliphatic rings. The van der Waals surface area contributed by atoms with Gasteiger partial charge in [0.2, 0.25) is 5.91 Å². The van der Waals surface area contributed by atoms with E-state index in [4.69, 9.17) is 0 Å². The number of likely N-dealkylation sites (tertiary alicyclic amines) is 1. The van der Waals surface area contributed by atoms with Crippen molar-refractivity contribution in [3.05, 3.63) is 35.4 Å². The third kappa shape index (κ3) is 3.84. The smallest absolute Gasteiger partial charge is 0.237 e. The Morgan fingerprint density at radius 2 is 2.00 bits per heavy atom. The van der Waals surface area contributed by atoms with Gasteiger partial charge in [0.25, 0.3) is 0 Å². The van der Waals surface area contributed by atoms with Crippen LogP contribution >= 0.6 is 0 Å². The Labute approximate surface area is 131 Å². The minimum absolute atomic E-state index is 0.101. The molecule has 2 fully saturated rings. The first-order valence-corrected chi connectivity index (χ1v) is 8.16. The molecule has 1 amide bonds. The highest BCUT2D eigenvalue weighted by atomic mass is 19.1. The molecule has 1 aromatic carbocycles. The van der Waals surface area contributed by atoms with Gasteiger partial charge < -0.3 is 10.6 Å². The highest BCUT2D eigenvalue weighted by Gasteiger charge is 2.28. The minimum Gasteiger partial charge on any atom is -0.351 e. The van der Waals surface area contributed by atoms with Gasteiger partial charge in [-0.05, 0) is 37.1 Å². The fourth-order valence-electron chi connectivity index (χ4n) is 3.26. The third-order valence-electron chi connectivity index (χ3n) is 4.56. The fourth-order valence-corrected chi connectivity index (χ4v) is 3.26. The summed E-state index contributed by atoms with van der Waals surface area (Å²) in [6.07, 6.45) is 1.92. The summed E-state index contributed by atoms with van der Waals surface area (Å²) in [4.78, 5) is 14.5. The zero-order chi connectivity index (χ0) is 15.4. The molecule has 0 aliphatic carbocycles. The highest BCUT2D eigenvalue weighted by Crippen LogP contribution is 2.16. The number of benzene rings is 1. The first kappa shape index (κ1) is 15.4. The van der Waals surface area contributed by atoms with E-state index in [1.807, 2.05) is 12.1 Å². The van der Waals surface area contributed by atoms with Crippen LogP contribution < -0.4 is 10.6 Å². The summed E-state index contributed by atoms with van der Waals surface area (Å²) in [7, 11) is 0. The van der Waals surface area contributed by atoms with Crippen LogP contribution in [0, 0.1) is 0 Å². The van der Waals surface area contributed by atoms with Crippen LogP contribution in [0.4, 0.5) is 4.39 Å². The number of carbonyl (C=O) groups is 1. The van der Waals surface area contributed by atoms with E-state index in [0.717, 1.165) is 25.2 Å². The topological polar surface area (TPSA) is 44.4 Å². The van der Waals surface area contributed by atoms with Crippen molar-refractivity contribution in [2.24, 2.45) is 0 Å². The number of hydrogen-bond acceptors (Lipinski definition) is 3. The Hall–Kier alpha value is -1.46. The number of halogens is 1. The van der Waals surface area contributed by atoms with Crippen LogP contribution in [0.25, 0.3) is 0 Å². The quantitative estimate of drug-likeness (QED) is 0.868. The molecule has 4 nitrogen and oxygen atoms in total. The van der Waals surface area contributed by atoms with Crippen molar-refractivity contribution in [2.45, 2.75) is 44.6 Å². The van der Waals surface area contributed by atoms with E-state index in [9.17, 15) is 9.18 Å². The Morgan fingerprint density at radius 1 is 1.27 bits per heavy atom. The van der Waals surface area contributed by atoms with Crippen molar-refractivity contribution in [1.82, 2.24) is 15.5 Å².